The van der Waals surface area contributed by atoms with Crippen molar-refractivity contribution >= 4 is 17.5 Å². The molecular weight excluding hydrogens is 512 g/mol. The first-order valence-corrected chi connectivity index (χ1v) is 12.2. The van der Waals surface area contributed by atoms with Gasteiger partial charge >= 0.3 is 12.2 Å². The molecule has 0 radical (unpaired) electrons. The Balaban J connectivity index is 1.64. The monoisotopic (exact) mass is 542 g/mol. The molecule has 208 valence electrons. The minimum absolute atomic E-state index is 0.0271. The molecule has 2 unspecified atom stereocenters. The fourth-order valence-electron chi connectivity index (χ4n) is 4.33. The number of hydrogen-bond donors (Lipinski definition) is 2. The third kappa shape index (κ3) is 6.45. The maximum absolute atomic E-state index is 14.9. The van der Waals surface area contributed by atoms with Crippen molar-refractivity contribution in [1.82, 2.24) is 9.88 Å². The number of aryl methyl sites for hydroxylation is 1. The van der Waals surface area contributed by atoms with Crippen molar-refractivity contribution in [3.63, 3.8) is 0 Å². The number of benzene rings is 1. The largest absolute Gasteiger partial charge is 0.475 e. The van der Waals surface area contributed by atoms with Crippen LogP contribution in [0.1, 0.15) is 12.5 Å². The summed E-state index contributed by atoms with van der Waals surface area (Å²) < 4.78 is 70.3. The Morgan fingerprint density at radius 3 is 2.66 bits per heavy atom. The Hall–Kier alpha value is -3.16. The number of carbonyl (C=O) groups excluding carboxylic acids is 1. The predicted octanol–water partition coefficient (Wildman–Crippen LogP) is 3.59. The fourth-order valence-corrected chi connectivity index (χ4v) is 4.33. The van der Waals surface area contributed by atoms with Crippen LogP contribution in [-0.4, -0.2) is 92.0 Å². The highest BCUT2D eigenvalue weighted by Gasteiger charge is 2.46. The molecule has 1 aromatic carbocycles. The summed E-state index contributed by atoms with van der Waals surface area (Å²) in [4.78, 5) is 20.4. The average molecular weight is 543 g/mol. The van der Waals surface area contributed by atoms with Crippen molar-refractivity contribution in [3.8, 4) is 17.0 Å². The van der Waals surface area contributed by atoms with Gasteiger partial charge in [-0.05, 0) is 48.7 Å². The van der Waals surface area contributed by atoms with Gasteiger partial charge in [0.2, 0.25) is 5.88 Å². The van der Waals surface area contributed by atoms with Crippen LogP contribution in [0.4, 0.5) is 33.9 Å². The second-order valence-corrected chi connectivity index (χ2v) is 9.17. The summed E-state index contributed by atoms with van der Waals surface area (Å²) >= 11 is 0. The number of morpholine rings is 2. The highest BCUT2D eigenvalue weighted by Crippen LogP contribution is 2.34. The van der Waals surface area contributed by atoms with E-state index in [-0.39, 0.29) is 31.4 Å². The molecule has 0 saturated carbocycles. The van der Waals surface area contributed by atoms with E-state index in [0.717, 1.165) is 4.90 Å². The van der Waals surface area contributed by atoms with Gasteiger partial charge in [-0.1, -0.05) is 0 Å². The van der Waals surface area contributed by atoms with Gasteiger partial charge in [0.15, 0.2) is 6.10 Å². The first-order chi connectivity index (χ1) is 18.1. The number of ether oxygens (including phenoxy) is 3. The number of aromatic nitrogens is 1. The summed E-state index contributed by atoms with van der Waals surface area (Å²) in [6, 6.07) is 4.63. The molecule has 1 aromatic heterocycles. The number of aliphatic hydroxyl groups is 1. The number of nitrogens with one attached hydrogen (secondary N) is 1. The molecule has 13 heteroatoms. The Bertz CT molecular complexity index is 1140. The lowest BCUT2D eigenvalue weighted by molar-refractivity contribution is -0.238. The molecule has 4 rings (SSSR count). The van der Waals surface area contributed by atoms with Crippen LogP contribution < -0.4 is 15.0 Å². The van der Waals surface area contributed by atoms with E-state index in [1.165, 1.54) is 12.1 Å². The van der Waals surface area contributed by atoms with E-state index in [2.05, 4.69) is 10.3 Å². The number of anilines is 2. The van der Waals surface area contributed by atoms with Crippen LogP contribution in [0.15, 0.2) is 24.3 Å². The van der Waals surface area contributed by atoms with E-state index in [9.17, 15) is 27.5 Å². The van der Waals surface area contributed by atoms with Crippen molar-refractivity contribution in [1.29, 1.82) is 0 Å². The third-order valence-corrected chi connectivity index (χ3v) is 6.39. The number of aliphatic hydroxyl groups excluding tert-OH is 1. The molecule has 38 heavy (non-hydrogen) atoms. The van der Waals surface area contributed by atoms with Crippen LogP contribution in [0.2, 0.25) is 0 Å². The highest BCUT2D eigenvalue weighted by atomic mass is 19.4. The van der Waals surface area contributed by atoms with Gasteiger partial charge in [0, 0.05) is 19.2 Å². The summed E-state index contributed by atoms with van der Waals surface area (Å²) in [6.07, 6.45) is -6.74. The van der Waals surface area contributed by atoms with Crippen molar-refractivity contribution in [2.24, 2.45) is 0 Å². The summed E-state index contributed by atoms with van der Waals surface area (Å²) in [5.74, 6) is 0.133. The number of hydrogen-bond acceptors (Lipinski definition) is 7. The van der Waals surface area contributed by atoms with Gasteiger partial charge in [0.25, 0.3) is 0 Å². The number of halogens is 4. The molecule has 9 nitrogen and oxygen atoms in total. The zero-order chi connectivity index (χ0) is 27.4. The topological polar surface area (TPSA) is 96.4 Å². The van der Waals surface area contributed by atoms with Gasteiger partial charge in [0.05, 0.1) is 44.7 Å². The highest BCUT2D eigenvalue weighted by molar-refractivity contribution is 5.91. The van der Waals surface area contributed by atoms with E-state index in [0.29, 0.717) is 48.8 Å². The molecule has 2 amide bonds. The van der Waals surface area contributed by atoms with E-state index in [1.807, 2.05) is 4.90 Å². The fraction of sp³-hybridized carbons (Fsp3) is 0.520. The van der Waals surface area contributed by atoms with Crippen LogP contribution in [0.25, 0.3) is 11.1 Å². The van der Waals surface area contributed by atoms with E-state index in [4.69, 9.17) is 14.2 Å². The summed E-state index contributed by atoms with van der Waals surface area (Å²) in [5.41, 5.74) is 1.57. The molecule has 2 aromatic rings. The average Bonchev–Trinajstić information content (AvgIpc) is 2.88. The molecular formula is C25H30F4N4O5. The third-order valence-electron chi connectivity index (χ3n) is 6.39. The molecule has 0 aliphatic carbocycles. The van der Waals surface area contributed by atoms with Gasteiger partial charge < -0.3 is 34.4 Å². The SMILES string of the molecule is Cc1cc(F)c(NC(=O)N2CC(C(F)(F)F)OCC2C)cc1-c1cc(OCCO)nc(N2CCOCC2)c1. The first-order valence-electron chi connectivity index (χ1n) is 12.2. The van der Waals surface area contributed by atoms with Crippen molar-refractivity contribution in [3.05, 3.63) is 35.6 Å². The van der Waals surface area contributed by atoms with Gasteiger partial charge in [0.1, 0.15) is 18.2 Å². The quantitative estimate of drug-likeness (QED) is 0.539. The van der Waals surface area contributed by atoms with Crippen molar-refractivity contribution < 1.29 is 41.7 Å². The van der Waals surface area contributed by atoms with Crippen molar-refractivity contribution in [2.45, 2.75) is 32.2 Å². The Morgan fingerprint density at radius 1 is 1.24 bits per heavy atom. The van der Waals surface area contributed by atoms with Crippen LogP contribution >= 0.6 is 0 Å². The zero-order valence-electron chi connectivity index (χ0n) is 21.1. The second kappa shape index (κ2) is 11.7. The molecule has 2 aliphatic heterocycles. The molecule has 3 heterocycles. The van der Waals surface area contributed by atoms with Gasteiger partial charge in [-0.15, -0.1) is 0 Å². The number of urea groups is 1. The molecule has 2 fully saturated rings. The van der Waals surface area contributed by atoms with Crippen LogP contribution in [0.5, 0.6) is 5.88 Å². The molecule has 0 spiro atoms. The van der Waals surface area contributed by atoms with E-state index >= 15 is 0 Å². The number of pyridine rings is 1. The number of rotatable bonds is 6. The molecule has 2 saturated heterocycles. The summed E-state index contributed by atoms with van der Waals surface area (Å²) in [6.45, 7) is 4.35. The Kier molecular flexibility index (Phi) is 8.58. The number of nitrogens with zero attached hydrogens (tertiary/aromatic N) is 3. The molecule has 0 bridgehead atoms. The lowest BCUT2D eigenvalue weighted by Crippen LogP contribution is -2.56. The minimum atomic E-state index is -4.63. The maximum atomic E-state index is 14.9. The summed E-state index contributed by atoms with van der Waals surface area (Å²) in [5, 5.41) is 11.6. The summed E-state index contributed by atoms with van der Waals surface area (Å²) in [7, 11) is 0. The molecule has 2 N–H and O–H groups in total. The minimum Gasteiger partial charge on any atom is -0.475 e. The molecule has 2 aliphatic rings. The lowest BCUT2D eigenvalue weighted by atomic mass is 10.00. The number of carbonyl (C=O) groups is 1. The van der Waals surface area contributed by atoms with Crippen LogP contribution in [0.3, 0.4) is 0 Å². The molecule has 2 atom stereocenters. The standard InChI is InChI=1S/C25H30F4N4O5/c1-15-9-19(26)20(30-24(35)33-13-21(25(27,28)29)38-14-16(33)2)12-18(15)17-10-22(32-3-6-36-7-4-32)31-23(11-17)37-8-5-34/h9-12,16,21,34H,3-8,13-14H2,1-2H3,(H,30,35). The zero-order valence-corrected chi connectivity index (χ0v) is 21.1. The maximum Gasteiger partial charge on any atom is 0.416 e. The first kappa shape index (κ1) is 27.9. The second-order valence-electron chi connectivity index (χ2n) is 9.17. The van der Waals surface area contributed by atoms with Gasteiger partial charge in [-0.2, -0.15) is 18.2 Å². The van der Waals surface area contributed by atoms with E-state index in [1.54, 1.807) is 26.0 Å². The Labute approximate surface area is 217 Å². The normalized spacial score (nSPS) is 20.4. The smallest absolute Gasteiger partial charge is 0.416 e. The van der Waals surface area contributed by atoms with Gasteiger partial charge in [-0.3, -0.25) is 0 Å². The van der Waals surface area contributed by atoms with Gasteiger partial charge in [-0.25, -0.2) is 9.18 Å². The predicted molar refractivity (Wildman–Crippen MR) is 131 cm³/mol. The van der Waals surface area contributed by atoms with Crippen molar-refractivity contribution in [2.75, 3.05) is 62.9 Å². The number of alkyl halides is 3. The van der Waals surface area contributed by atoms with Crippen LogP contribution in [-0.2, 0) is 9.47 Å². The van der Waals surface area contributed by atoms with Crippen LogP contribution in [0, 0.1) is 12.7 Å². The lowest BCUT2D eigenvalue weighted by Gasteiger charge is -2.38. The Morgan fingerprint density at radius 2 is 1.97 bits per heavy atom. The van der Waals surface area contributed by atoms with E-state index < -0.39 is 36.7 Å². The number of amides is 2.